The first-order valence-corrected chi connectivity index (χ1v) is 6.92. The lowest BCUT2D eigenvalue weighted by Gasteiger charge is -2.19. The molecule has 1 unspecified atom stereocenters. The molecule has 1 aromatic carbocycles. The van der Waals surface area contributed by atoms with Gasteiger partial charge in [0.1, 0.15) is 0 Å². The van der Waals surface area contributed by atoms with Crippen LogP contribution in [0.3, 0.4) is 0 Å². The highest BCUT2D eigenvalue weighted by molar-refractivity contribution is 5.81. The van der Waals surface area contributed by atoms with Gasteiger partial charge in [0.15, 0.2) is 0 Å². The number of para-hydroxylation sites is 1. The van der Waals surface area contributed by atoms with Crippen LogP contribution in [0.4, 0.5) is 0 Å². The van der Waals surface area contributed by atoms with E-state index in [0.29, 0.717) is 6.04 Å². The van der Waals surface area contributed by atoms with Crippen LogP contribution in [0.1, 0.15) is 31.4 Å². The average molecular weight is 258 g/mol. The zero-order valence-electron chi connectivity index (χ0n) is 11.7. The Labute approximate surface area is 115 Å². The monoisotopic (exact) mass is 258 g/mol. The fourth-order valence-corrected chi connectivity index (χ4v) is 2.45. The highest BCUT2D eigenvalue weighted by Gasteiger charge is 2.13. The quantitative estimate of drug-likeness (QED) is 0.774. The van der Waals surface area contributed by atoms with Crippen LogP contribution in [0.15, 0.2) is 36.5 Å². The molecule has 0 saturated heterocycles. The second kappa shape index (κ2) is 7.22. The molecular formula is C16H22N2O. The molecule has 1 atom stereocenters. The zero-order valence-corrected chi connectivity index (χ0v) is 11.7. The number of methoxy groups -OCH3 is 1. The summed E-state index contributed by atoms with van der Waals surface area (Å²) in [5.41, 5.74) is 2.39. The highest BCUT2D eigenvalue weighted by Crippen LogP contribution is 2.25. The van der Waals surface area contributed by atoms with E-state index in [2.05, 4.69) is 41.5 Å². The van der Waals surface area contributed by atoms with Gasteiger partial charge in [-0.15, -0.1) is 0 Å². The van der Waals surface area contributed by atoms with Crippen molar-refractivity contribution in [2.45, 2.75) is 25.8 Å². The Hall–Kier alpha value is -1.45. The summed E-state index contributed by atoms with van der Waals surface area (Å²) in [6, 6.07) is 10.8. The predicted molar refractivity (Wildman–Crippen MR) is 79.3 cm³/mol. The lowest BCUT2D eigenvalue weighted by molar-refractivity contribution is 0.189. The van der Waals surface area contributed by atoms with Gasteiger partial charge in [0.25, 0.3) is 0 Å². The van der Waals surface area contributed by atoms with E-state index >= 15 is 0 Å². The molecule has 0 radical (unpaired) electrons. The number of hydrogen-bond acceptors (Lipinski definition) is 3. The van der Waals surface area contributed by atoms with Crippen LogP contribution in [0.2, 0.25) is 0 Å². The summed E-state index contributed by atoms with van der Waals surface area (Å²) in [5, 5.41) is 4.76. The van der Waals surface area contributed by atoms with Gasteiger partial charge in [0.05, 0.1) is 5.52 Å². The largest absolute Gasteiger partial charge is 0.385 e. The smallest absolute Gasteiger partial charge is 0.0749 e. The molecule has 102 valence electrons. The number of nitrogens with one attached hydrogen (secondary N) is 1. The van der Waals surface area contributed by atoms with Gasteiger partial charge in [0, 0.05) is 31.3 Å². The minimum absolute atomic E-state index is 0.346. The Balaban J connectivity index is 2.27. The third kappa shape index (κ3) is 3.52. The molecule has 0 spiro atoms. The van der Waals surface area contributed by atoms with Gasteiger partial charge >= 0.3 is 0 Å². The number of ether oxygens (including phenoxy) is 1. The van der Waals surface area contributed by atoms with Crippen molar-refractivity contribution in [3.8, 4) is 0 Å². The molecule has 1 N–H and O–H groups in total. The number of pyridine rings is 1. The Morgan fingerprint density at radius 3 is 2.89 bits per heavy atom. The first kappa shape index (κ1) is 14.0. The van der Waals surface area contributed by atoms with Gasteiger partial charge in [-0.05, 0) is 31.0 Å². The summed E-state index contributed by atoms with van der Waals surface area (Å²) < 4.78 is 5.15. The van der Waals surface area contributed by atoms with Crippen molar-refractivity contribution < 1.29 is 4.74 Å². The maximum atomic E-state index is 5.15. The molecular weight excluding hydrogens is 236 g/mol. The third-order valence-corrected chi connectivity index (χ3v) is 3.33. The van der Waals surface area contributed by atoms with E-state index in [9.17, 15) is 0 Å². The van der Waals surface area contributed by atoms with E-state index < -0.39 is 0 Å². The lowest BCUT2D eigenvalue weighted by Crippen LogP contribution is -2.21. The van der Waals surface area contributed by atoms with E-state index in [4.69, 9.17) is 4.74 Å². The molecule has 0 saturated carbocycles. The van der Waals surface area contributed by atoms with Crippen LogP contribution in [0.5, 0.6) is 0 Å². The number of benzene rings is 1. The van der Waals surface area contributed by atoms with Crippen LogP contribution >= 0.6 is 0 Å². The molecule has 3 heteroatoms. The van der Waals surface area contributed by atoms with Crippen LogP contribution < -0.4 is 5.32 Å². The molecule has 0 aliphatic carbocycles. The van der Waals surface area contributed by atoms with Crippen LogP contribution in [-0.2, 0) is 4.74 Å². The first-order valence-electron chi connectivity index (χ1n) is 6.92. The van der Waals surface area contributed by atoms with Gasteiger partial charge in [-0.25, -0.2) is 0 Å². The second-order valence-electron chi connectivity index (χ2n) is 4.67. The second-order valence-corrected chi connectivity index (χ2v) is 4.67. The fourth-order valence-electron chi connectivity index (χ4n) is 2.45. The van der Waals surface area contributed by atoms with Crippen molar-refractivity contribution in [1.29, 1.82) is 0 Å². The molecule has 0 fully saturated rings. The van der Waals surface area contributed by atoms with Crippen molar-refractivity contribution in [3.05, 3.63) is 42.1 Å². The molecule has 0 bridgehead atoms. The molecule has 3 nitrogen and oxygen atoms in total. The Bertz CT molecular complexity index is 508. The molecule has 0 amide bonds. The summed E-state index contributed by atoms with van der Waals surface area (Å²) in [6.45, 7) is 3.91. The van der Waals surface area contributed by atoms with E-state index in [1.165, 1.54) is 10.9 Å². The minimum atomic E-state index is 0.346. The molecule has 1 heterocycles. The minimum Gasteiger partial charge on any atom is -0.385 e. The third-order valence-electron chi connectivity index (χ3n) is 3.33. The van der Waals surface area contributed by atoms with Crippen LogP contribution in [0.25, 0.3) is 10.9 Å². The average Bonchev–Trinajstić information content (AvgIpc) is 2.46. The predicted octanol–water partition coefficient (Wildman–Crippen LogP) is 3.31. The molecule has 2 aromatic rings. The Morgan fingerprint density at radius 2 is 2.11 bits per heavy atom. The lowest BCUT2D eigenvalue weighted by atomic mass is 9.99. The number of hydrogen-bond donors (Lipinski definition) is 1. The van der Waals surface area contributed by atoms with Gasteiger partial charge < -0.3 is 10.1 Å². The van der Waals surface area contributed by atoms with E-state index in [0.717, 1.165) is 31.5 Å². The first-order chi connectivity index (χ1) is 9.36. The highest BCUT2D eigenvalue weighted by atomic mass is 16.5. The van der Waals surface area contributed by atoms with Crippen molar-refractivity contribution in [1.82, 2.24) is 10.3 Å². The standard InChI is InChI=1S/C16H22N2O/c1-3-17-15(10-6-12-19-2)14-9-4-7-13-8-5-11-18-16(13)14/h4-5,7-9,11,15,17H,3,6,10,12H2,1-2H3. The Kier molecular flexibility index (Phi) is 5.31. The van der Waals surface area contributed by atoms with E-state index in [-0.39, 0.29) is 0 Å². The summed E-state index contributed by atoms with van der Waals surface area (Å²) in [4.78, 5) is 4.54. The topological polar surface area (TPSA) is 34.1 Å². The normalized spacial score (nSPS) is 12.7. The van der Waals surface area contributed by atoms with E-state index in [1.54, 1.807) is 7.11 Å². The number of nitrogens with zero attached hydrogens (tertiary/aromatic N) is 1. The van der Waals surface area contributed by atoms with Gasteiger partial charge in [0.2, 0.25) is 0 Å². The molecule has 0 aliphatic rings. The van der Waals surface area contributed by atoms with Crippen molar-refractivity contribution in [3.63, 3.8) is 0 Å². The molecule has 2 rings (SSSR count). The zero-order chi connectivity index (χ0) is 13.5. The van der Waals surface area contributed by atoms with Gasteiger partial charge in [-0.2, -0.15) is 0 Å². The molecule has 0 aliphatic heterocycles. The van der Waals surface area contributed by atoms with Crippen LogP contribution in [0, 0.1) is 0 Å². The summed E-state index contributed by atoms with van der Waals surface area (Å²) in [6.07, 6.45) is 3.98. The van der Waals surface area contributed by atoms with Crippen molar-refractivity contribution in [2.24, 2.45) is 0 Å². The maximum Gasteiger partial charge on any atom is 0.0749 e. The molecule has 1 aromatic heterocycles. The van der Waals surface area contributed by atoms with Crippen LogP contribution in [-0.4, -0.2) is 25.2 Å². The van der Waals surface area contributed by atoms with Crippen molar-refractivity contribution in [2.75, 3.05) is 20.3 Å². The summed E-state index contributed by atoms with van der Waals surface area (Å²) in [7, 11) is 1.75. The number of aromatic nitrogens is 1. The fraction of sp³-hybridized carbons (Fsp3) is 0.438. The van der Waals surface area contributed by atoms with E-state index in [1.807, 2.05) is 12.3 Å². The molecule has 19 heavy (non-hydrogen) atoms. The summed E-state index contributed by atoms with van der Waals surface area (Å²) >= 11 is 0. The van der Waals surface area contributed by atoms with Gasteiger partial charge in [-0.1, -0.05) is 31.2 Å². The number of fused-ring (bicyclic) bond motifs is 1. The summed E-state index contributed by atoms with van der Waals surface area (Å²) in [5.74, 6) is 0. The van der Waals surface area contributed by atoms with Gasteiger partial charge in [-0.3, -0.25) is 4.98 Å². The maximum absolute atomic E-state index is 5.15. The SMILES string of the molecule is CCNC(CCCOC)c1cccc2cccnc12. The van der Waals surface area contributed by atoms with Crippen molar-refractivity contribution >= 4 is 10.9 Å². The Morgan fingerprint density at radius 1 is 1.26 bits per heavy atom. The number of rotatable bonds is 7.